The molecule has 2 aromatic carbocycles. The van der Waals surface area contributed by atoms with E-state index in [1.165, 1.54) is 4.70 Å². The molecule has 1 aliphatic rings. The minimum absolute atomic E-state index is 0.259. The molecule has 1 fully saturated rings. The van der Waals surface area contributed by atoms with Gasteiger partial charge < -0.3 is 15.0 Å². The van der Waals surface area contributed by atoms with Crippen molar-refractivity contribution < 1.29 is 4.74 Å². The van der Waals surface area contributed by atoms with Crippen molar-refractivity contribution in [3.8, 4) is 5.75 Å². The molecule has 4 rings (SSSR count). The van der Waals surface area contributed by atoms with Crippen LogP contribution in [0, 0.1) is 0 Å². The zero-order valence-corrected chi connectivity index (χ0v) is 16.3. The average Bonchev–Trinajstić information content (AvgIpc) is 3.30. The second-order valence-electron chi connectivity index (χ2n) is 6.26. The SMILES string of the molecule is CCOc1ccc(NC(=S)N2CCC[C@@H]2c2nc3ccccc3s2)cc1. The molecule has 0 bridgehead atoms. The normalized spacial score (nSPS) is 16.8. The molecule has 0 spiro atoms. The monoisotopic (exact) mass is 383 g/mol. The van der Waals surface area contributed by atoms with Crippen molar-refractivity contribution in [2.24, 2.45) is 0 Å². The van der Waals surface area contributed by atoms with Gasteiger partial charge in [0.2, 0.25) is 0 Å². The summed E-state index contributed by atoms with van der Waals surface area (Å²) >= 11 is 7.47. The van der Waals surface area contributed by atoms with Gasteiger partial charge in [0.15, 0.2) is 5.11 Å². The highest BCUT2D eigenvalue weighted by molar-refractivity contribution is 7.80. The van der Waals surface area contributed by atoms with Crippen molar-refractivity contribution in [1.82, 2.24) is 9.88 Å². The first-order valence-corrected chi connectivity index (χ1v) is 10.1. The topological polar surface area (TPSA) is 37.4 Å². The van der Waals surface area contributed by atoms with Crippen LogP contribution in [0.4, 0.5) is 5.69 Å². The fourth-order valence-corrected chi connectivity index (χ4v) is 4.75. The zero-order chi connectivity index (χ0) is 17.9. The fourth-order valence-electron chi connectivity index (χ4n) is 3.30. The first-order chi connectivity index (χ1) is 12.7. The van der Waals surface area contributed by atoms with Crippen molar-refractivity contribution >= 4 is 44.6 Å². The van der Waals surface area contributed by atoms with Gasteiger partial charge in [-0.05, 0) is 68.4 Å². The van der Waals surface area contributed by atoms with Gasteiger partial charge in [0, 0.05) is 12.2 Å². The smallest absolute Gasteiger partial charge is 0.174 e. The van der Waals surface area contributed by atoms with Gasteiger partial charge in [-0.25, -0.2) is 4.98 Å². The summed E-state index contributed by atoms with van der Waals surface area (Å²) in [5.74, 6) is 0.873. The summed E-state index contributed by atoms with van der Waals surface area (Å²) in [6, 6.07) is 16.5. The highest BCUT2D eigenvalue weighted by Crippen LogP contribution is 2.36. The molecule has 26 heavy (non-hydrogen) atoms. The minimum Gasteiger partial charge on any atom is -0.494 e. The Morgan fingerprint density at radius 2 is 2.08 bits per heavy atom. The van der Waals surface area contributed by atoms with Gasteiger partial charge in [0.05, 0.1) is 22.9 Å². The van der Waals surface area contributed by atoms with E-state index in [0.29, 0.717) is 6.61 Å². The standard InChI is InChI=1S/C20H21N3OS2/c1-2-24-15-11-9-14(10-12-15)21-20(25)23-13-5-7-17(23)19-22-16-6-3-4-8-18(16)26-19/h3-4,6,8-12,17H,2,5,7,13H2,1H3,(H,21,25)/t17-/m1/s1. The molecule has 0 aliphatic carbocycles. The number of para-hydroxylation sites is 1. The van der Waals surface area contributed by atoms with Gasteiger partial charge in [-0.15, -0.1) is 11.3 Å². The lowest BCUT2D eigenvalue weighted by atomic mass is 10.2. The van der Waals surface area contributed by atoms with Crippen LogP contribution < -0.4 is 10.1 Å². The molecule has 1 atom stereocenters. The fraction of sp³-hybridized carbons (Fsp3) is 0.300. The number of thiazole rings is 1. The van der Waals surface area contributed by atoms with E-state index in [4.69, 9.17) is 21.9 Å². The first kappa shape index (κ1) is 17.2. The molecule has 1 saturated heterocycles. The van der Waals surface area contributed by atoms with E-state index in [0.717, 1.165) is 46.5 Å². The number of hydrogen-bond donors (Lipinski definition) is 1. The molecular formula is C20H21N3OS2. The molecule has 2 heterocycles. The highest BCUT2D eigenvalue weighted by Gasteiger charge is 2.30. The van der Waals surface area contributed by atoms with Crippen LogP contribution in [0.5, 0.6) is 5.75 Å². The van der Waals surface area contributed by atoms with Crippen molar-refractivity contribution in [3.63, 3.8) is 0 Å². The number of ether oxygens (including phenoxy) is 1. The molecule has 0 unspecified atom stereocenters. The summed E-state index contributed by atoms with van der Waals surface area (Å²) < 4.78 is 6.73. The largest absolute Gasteiger partial charge is 0.494 e. The van der Waals surface area contributed by atoms with Crippen LogP contribution in [0.15, 0.2) is 48.5 Å². The predicted octanol–water partition coefficient (Wildman–Crippen LogP) is 5.23. The van der Waals surface area contributed by atoms with Crippen molar-refractivity contribution in [3.05, 3.63) is 53.5 Å². The maximum Gasteiger partial charge on any atom is 0.174 e. The average molecular weight is 384 g/mol. The van der Waals surface area contributed by atoms with Crippen LogP contribution in [-0.2, 0) is 0 Å². The van der Waals surface area contributed by atoms with E-state index in [9.17, 15) is 0 Å². The summed E-state index contributed by atoms with van der Waals surface area (Å²) in [6.45, 7) is 3.61. The lowest BCUT2D eigenvalue weighted by molar-refractivity contribution is 0.340. The van der Waals surface area contributed by atoms with Crippen molar-refractivity contribution in [1.29, 1.82) is 0 Å². The Morgan fingerprint density at radius 1 is 1.27 bits per heavy atom. The molecule has 0 radical (unpaired) electrons. The van der Waals surface area contributed by atoms with E-state index in [2.05, 4.69) is 28.4 Å². The number of hydrogen-bond acceptors (Lipinski definition) is 4. The van der Waals surface area contributed by atoms with Crippen LogP contribution >= 0.6 is 23.6 Å². The molecule has 6 heteroatoms. The van der Waals surface area contributed by atoms with Gasteiger partial charge in [-0.3, -0.25) is 0 Å². The molecule has 134 valence electrons. The predicted molar refractivity (Wildman–Crippen MR) is 112 cm³/mol. The third kappa shape index (κ3) is 3.52. The van der Waals surface area contributed by atoms with E-state index in [-0.39, 0.29) is 6.04 Å². The number of likely N-dealkylation sites (tertiary alicyclic amines) is 1. The van der Waals surface area contributed by atoms with Gasteiger partial charge >= 0.3 is 0 Å². The summed E-state index contributed by atoms with van der Waals surface area (Å²) in [7, 11) is 0. The highest BCUT2D eigenvalue weighted by atomic mass is 32.1. The Kier molecular flexibility index (Phi) is 5.04. The van der Waals surface area contributed by atoms with Gasteiger partial charge in [-0.1, -0.05) is 12.1 Å². The third-order valence-electron chi connectivity index (χ3n) is 4.53. The molecular weight excluding hydrogens is 362 g/mol. The number of thiocarbonyl (C=S) groups is 1. The Balaban J connectivity index is 1.49. The second kappa shape index (κ2) is 7.60. The van der Waals surface area contributed by atoms with Crippen molar-refractivity contribution in [2.45, 2.75) is 25.8 Å². The van der Waals surface area contributed by atoms with Gasteiger partial charge in [0.25, 0.3) is 0 Å². The van der Waals surface area contributed by atoms with Crippen LogP contribution in [0.3, 0.4) is 0 Å². The Morgan fingerprint density at radius 3 is 2.85 bits per heavy atom. The van der Waals surface area contributed by atoms with Crippen molar-refractivity contribution in [2.75, 3.05) is 18.5 Å². The summed E-state index contributed by atoms with van der Waals surface area (Å²) in [4.78, 5) is 7.11. The quantitative estimate of drug-likeness (QED) is 0.625. The lowest BCUT2D eigenvalue weighted by Gasteiger charge is -2.26. The van der Waals surface area contributed by atoms with E-state index >= 15 is 0 Å². The van der Waals surface area contributed by atoms with Crippen LogP contribution in [0.1, 0.15) is 30.8 Å². The Hall–Kier alpha value is -2.18. The number of rotatable bonds is 4. The summed E-state index contributed by atoms with van der Waals surface area (Å²) in [6.07, 6.45) is 2.22. The molecule has 1 N–H and O–H groups in total. The lowest BCUT2D eigenvalue weighted by Crippen LogP contribution is -2.34. The van der Waals surface area contributed by atoms with Gasteiger partial charge in [0.1, 0.15) is 10.8 Å². The molecule has 0 amide bonds. The number of nitrogens with one attached hydrogen (secondary N) is 1. The number of nitrogens with zero attached hydrogens (tertiary/aromatic N) is 2. The zero-order valence-electron chi connectivity index (χ0n) is 14.6. The maximum atomic E-state index is 5.70. The number of fused-ring (bicyclic) bond motifs is 1. The van der Waals surface area contributed by atoms with Gasteiger partial charge in [-0.2, -0.15) is 0 Å². The van der Waals surface area contributed by atoms with E-state index < -0.39 is 0 Å². The minimum atomic E-state index is 0.259. The first-order valence-electron chi connectivity index (χ1n) is 8.90. The maximum absolute atomic E-state index is 5.70. The van der Waals surface area contributed by atoms with Crippen LogP contribution in [0.2, 0.25) is 0 Å². The molecule has 1 aliphatic heterocycles. The molecule has 3 aromatic rings. The molecule has 0 saturated carbocycles. The van der Waals surface area contributed by atoms with Crippen LogP contribution in [-0.4, -0.2) is 28.1 Å². The third-order valence-corrected chi connectivity index (χ3v) is 6.00. The van der Waals surface area contributed by atoms with Crippen LogP contribution in [0.25, 0.3) is 10.2 Å². The second-order valence-corrected chi connectivity index (χ2v) is 7.71. The molecule has 1 aromatic heterocycles. The number of benzene rings is 2. The Bertz CT molecular complexity index is 874. The number of anilines is 1. The van der Waals surface area contributed by atoms with E-state index in [1.807, 2.05) is 37.3 Å². The Labute approximate surface area is 162 Å². The molecule has 4 nitrogen and oxygen atoms in total. The summed E-state index contributed by atoms with van der Waals surface area (Å²) in [5, 5.41) is 5.28. The van der Waals surface area contributed by atoms with E-state index in [1.54, 1.807) is 11.3 Å². The number of aromatic nitrogens is 1. The summed E-state index contributed by atoms with van der Waals surface area (Å²) in [5.41, 5.74) is 2.05.